The van der Waals surface area contributed by atoms with Crippen LogP contribution in [0.3, 0.4) is 0 Å². The van der Waals surface area contributed by atoms with Gasteiger partial charge < -0.3 is 18.5 Å². The van der Waals surface area contributed by atoms with Crippen molar-refractivity contribution < 1.29 is 41.2 Å². The van der Waals surface area contributed by atoms with Crippen molar-refractivity contribution in [1.82, 2.24) is 9.47 Å². The summed E-state index contributed by atoms with van der Waals surface area (Å²) in [5.74, 6) is -2.98. The molecule has 3 aromatic rings. The second-order valence-corrected chi connectivity index (χ2v) is 12.4. The van der Waals surface area contributed by atoms with Crippen molar-refractivity contribution in [1.29, 1.82) is 0 Å². The predicted molar refractivity (Wildman–Crippen MR) is 152 cm³/mol. The molecule has 0 spiro atoms. The zero-order chi connectivity index (χ0) is 30.8. The smallest absolute Gasteiger partial charge is 0.337 e. The maximum absolute atomic E-state index is 15.2. The molecule has 0 N–H and O–H groups in total. The number of hydrogen-bond acceptors (Lipinski definition) is 6. The fraction of sp³-hybridized carbons (Fsp3) is 0.414. The maximum atomic E-state index is 15.2. The highest BCUT2D eigenvalue weighted by Gasteiger charge is 2.39. The number of halogens is 4. The maximum Gasteiger partial charge on any atom is 0.364 e. The predicted octanol–water partition coefficient (Wildman–Crippen LogP) is 5.81. The molecule has 1 saturated heterocycles. The zero-order valence-corrected chi connectivity index (χ0v) is 25.0. The Balaban J connectivity index is 1.63. The number of likely N-dealkylation sites (tertiary alicyclic amines) is 1. The summed E-state index contributed by atoms with van der Waals surface area (Å²) in [6.07, 6.45) is -0.383. The highest BCUT2D eigenvalue weighted by Crippen LogP contribution is 2.48. The topological polar surface area (TPSA) is 94.9 Å². The largest absolute Gasteiger partial charge is 0.364 e. The average Bonchev–Trinajstić information content (AvgIpc) is 3.49. The number of aryl methyl sites for hydroxylation is 1. The van der Waals surface area contributed by atoms with Crippen LogP contribution in [-0.2, 0) is 36.2 Å². The number of carbonyl (C=O) groups excluding carboxylic acids is 3. The minimum absolute atomic E-state index is 0.0221. The van der Waals surface area contributed by atoms with Gasteiger partial charge in [0, 0.05) is 30.0 Å². The van der Waals surface area contributed by atoms with Gasteiger partial charge in [0.1, 0.15) is 29.7 Å². The number of hydrogen-bond donors (Lipinski definition) is 0. The lowest BCUT2D eigenvalue weighted by Gasteiger charge is -2.24. The lowest BCUT2D eigenvalue weighted by molar-refractivity contribution is -0.138. The van der Waals surface area contributed by atoms with Crippen LogP contribution in [0.1, 0.15) is 49.5 Å². The Morgan fingerprint density at radius 2 is 1.81 bits per heavy atom. The molecule has 2 atom stereocenters. The number of ketones is 2. The van der Waals surface area contributed by atoms with Crippen molar-refractivity contribution in [3.8, 4) is 0 Å². The van der Waals surface area contributed by atoms with Crippen LogP contribution in [0.2, 0.25) is 5.02 Å². The number of alkyl halides is 1. The van der Waals surface area contributed by atoms with Gasteiger partial charge in [0.25, 0.3) is 0 Å². The van der Waals surface area contributed by atoms with Crippen LogP contribution >= 0.6 is 19.2 Å². The fourth-order valence-corrected chi connectivity index (χ4v) is 7.04. The van der Waals surface area contributed by atoms with Crippen molar-refractivity contribution in [2.75, 3.05) is 19.8 Å². The van der Waals surface area contributed by atoms with E-state index in [1.54, 1.807) is 19.9 Å². The first-order chi connectivity index (χ1) is 19.9. The number of amides is 1. The normalized spacial score (nSPS) is 17.3. The molecule has 1 aromatic heterocycles. The van der Waals surface area contributed by atoms with Crippen molar-refractivity contribution in [3.63, 3.8) is 0 Å². The standard InChI is InChI=1S/C29H31ClF3N2O6P/c1-4-40-42(39,41-5-2)27-13-24-20(12-23(27)32)21(17(3)36)15-34(24)16-28(38)35-14-19(31)11-25(35)26(37)10-9-18-7-6-8-22(30)29(18)33/h6-8,12-13,15,19,25H,4-5,9-11,14,16H2,1-3H3/t19-,25+/m1/s1. The average molecular weight is 627 g/mol. The van der Waals surface area contributed by atoms with E-state index in [-0.39, 0.29) is 71.4 Å². The van der Waals surface area contributed by atoms with E-state index in [4.69, 9.17) is 20.6 Å². The Labute approximate surface area is 246 Å². The Hall–Kier alpha value is -2.98. The van der Waals surface area contributed by atoms with Gasteiger partial charge in [0.2, 0.25) is 5.91 Å². The van der Waals surface area contributed by atoms with Gasteiger partial charge in [-0.2, -0.15) is 0 Å². The minimum atomic E-state index is -4.07. The second kappa shape index (κ2) is 13.1. The summed E-state index contributed by atoms with van der Waals surface area (Å²) in [5, 5.41) is -0.254. The van der Waals surface area contributed by atoms with Gasteiger partial charge in [0.15, 0.2) is 11.6 Å². The zero-order valence-electron chi connectivity index (χ0n) is 23.4. The quantitative estimate of drug-likeness (QED) is 0.186. The van der Waals surface area contributed by atoms with E-state index in [2.05, 4.69) is 0 Å². The first kappa shape index (κ1) is 31.9. The molecule has 0 saturated carbocycles. The van der Waals surface area contributed by atoms with E-state index in [0.717, 1.165) is 11.0 Å². The van der Waals surface area contributed by atoms with E-state index < -0.39 is 55.5 Å². The molecule has 42 heavy (non-hydrogen) atoms. The lowest BCUT2D eigenvalue weighted by atomic mass is 10.0. The molecule has 13 heteroatoms. The number of carbonyl (C=O) groups is 3. The second-order valence-electron chi connectivity index (χ2n) is 9.95. The van der Waals surface area contributed by atoms with Crippen LogP contribution in [-0.4, -0.2) is 58.9 Å². The van der Waals surface area contributed by atoms with Gasteiger partial charge in [-0.05, 0) is 51.0 Å². The van der Waals surface area contributed by atoms with E-state index in [1.807, 2.05) is 0 Å². The molecule has 0 bridgehead atoms. The number of nitrogens with zero attached hydrogens (tertiary/aromatic N) is 2. The number of fused-ring (bicyclic) bond motifs is 1. The summed E-state index contributed by atoms with van der Waals surface area (Å²) < 4.78 is 69.4. The third kappa shape index (κ3) is 6.49. The van der Waals surface area contributed by atoms with Gasteiger partial charge in [0.05, 0.1) is 36.3 Å². The summed E-state index contributed by atoms with van der Waals surface area (Å²) in [7, 11) is -4.07. The summed E-state index contributed by atoms with van der Waals surface area (Å²) in [6.45, 7) is 3.66. The number of rotatable bonds is 12. The van der Waals surface area contributed by atoms with Crippen molar-refractivity contribution in [2.24, 2.45) is 0 Å². The van der Waals surface area contributed by atoms with Crippen LogP contribution in [0.25, 0.3) is 10.9 Å². The summed E-state index contributed by atoms with van der Waals surface area (Å²) >= 11 is 5.82. The van der Waals surface area contributed by atoms with E-state index >= 15 is 4.39 Å². The Kier molecular flexibility index (Phi) is 9.98. The molecular formula is C29H31ClF3N2O6P. The molecule has 0 aliphatic carbocycles. The van der Waals surface area contributed by atoms with Gasteiger partial charge >= 0.3 is 7.60 Å². The minimum Gasteiger partial charge on any atom is -0.337 e. The number of Topliss-reactive ketones (excluding diaryl/α,β-unsaturated/α-hetero) is 2. The number of benzene rings is 2. The monoisotopic (exact) mass is 626 g/mol. The van der Waals surface area contributed by atoms with Crippen molar-refractivity contribution >= 4 is 52.9 Å². The van der Waals surface area contributed by atoms with E-state index in [9.17, 15) is 27.7 Å². The van der Waals surface area contributed by atoms with Crippen LogP contribution in [0.5, 0.6) is 0 Å². The summed E-state index contributed by atoms with van der Waals surface area (Å²) in [5.41, 5.74) is 0.560. The van der Waals surface area contributed by atoms with Crippen LogP contribution in [0.15, 0.2) is 36.5 Å². The molecule has 2 heterocycles. The molecule has 0 unspecified atom stereocenters. The summed E-state index contributed by atoms with van der Waals surface area (Å²) in [6, 6.07) is 5.65. The van der Waals surface area contributed by atoms with Gasteiger partial charge in [-0.25, -0.2) is 13.2 Å². The SMILES string of the molecule is CCOP(=O)(OCC)c1cc2c(cc1F)c(C(C)=O)cn2CC(=O)N1C[C@H](F)C[C@H]1C(=O)CCc1cccc(Cl)c1F. The molecule has 4 rings (SSSR count). The van der Waals surface area contributed by atoms with Crippen LogP contribution < -0.4 is 5.30 Å². The Morgan fingerprint density at radius 1 is 1.12 bits per heavy atom. The highest BCUT2D eigenvalue weighted by molar-refractivity contribution is 7.62. The van der Waals surface area contributed by atoms with Gasteiger partial charge in [-0.15, -0.1) is 0 Å². The molecule has 8 nitrogen and oxygen atoms in total. The van der Waals surface area contributed by atoms with Gasteiger partial charge in [-0.3, -0.25) is 18.9 Å². The molecule has 1 amide bonds. The Bertz CT molecular complexity index is 1570. The third-order valence-corrected chi connectivity index (χ3v) is 9.56. The van der Waals surface area contributed by atoms with Gasteiger partial charge in [-0.1, -0.05) is 23.7 Å². The molecule has 1 fully saturated rings. The highest BCUT2D eigenvalue weighted by atomic mass is 35.5. The molecule has 1 aliphatic rings. The summed E-state index contributed by atoms with van der Waals surface area (Å²) in [4.78, 5) is 40.1. The van der Waals surface area contributed by atoms with E-state index in [1.165, 1.54) is 35.9 Å². The van der Waals surface area contributed by atoms with Crippen molar-refractivity contribution in [3.05, 3.63) is 64.3 Å². The first-order valence-electron chi connectivity index (χ1n) is 13.5. The molecule has 2 aromatic carbocycles. The molecule has 0 radical (unpaired) electrons. The molecule has 226 valence electrons. The molecule has 1 aliphatic heterocycles. The van der Waals surface area contributed by atoms with Crippen LogP contribution in [0, 0.1) is 11.6 Å². The molecular weight excluding hydrogens is 596 g/mol. The third-order valence-electron chi connectivity index (χ3n) is 7.14. The first-order valence-corrected chi connectivity index (χ1v) is 15.4. The number of aromatic nitrogens is 1. The lowest BCUT2D eigenvalue weighted by Crippen LogP contribution is -2.42. The van der Waals surface area contributed by atoms with Crippen molar-refractivity contribution in [2.45, 2.75) is 58.8 Å². The van der Waals surface area contributed by atoms with E-state index in [0.29, 0.717) is 0 Å². The fourth-order valence-electron chi connectivity index (χ4n) is 5.20. The van der Waals surface area contributed by atoms with Crippen LogP contribution in [0.4, 0.5) is 13.2 Å². The Morgan fingerprint density at radius 3 is 2.45 bits per heavy atom.